The fraction of sp³-hybridized carbons (Fsp3) is 0.250. The van der Waals surface area contributed by atoms with Crippen molar-refractivity contribution in [3.8, 4) is 0 Å². The van der Waals surface area contributed by atoms with Gasteiger partial charge in [0.15, 0.2) is 11.2 Å². The van der Waals surface area contributed by atoms with Gasteiger partial charge in [0.1, 0.15) is 5.69 Å². The summed E-state index contributed by atoms with van der Waals surface area (Å²) in [4.78, 5) is 14.1. The van der Waals surface area contributed by atoms with E-state index in [9.17, 15) is 22.4 Å². The number of pyridine rings is 1. The lowest BCUT2D eigenvalue weighted by Crippen LogP contribution is -2.20. The summed E-state index contributed by atoms with van der Waals surface area (Å²) in [5.41, 5.74) is -2.43. The van der Waals surface area contributed by atoms with Crippen LogP contribution in [-0.4, -0.2) is 4.98 Å². The maximum absolute atomic E-state index is 13.9. The number of hydrogen-bond donors (Lipinski definition) is 1. The third kappa shape index (κ3) is 2.16. The molecule has 0 spiro atoms. The van der Waals surface area contributed by atoms with Gasteiger partial charge in [0.25, 0.3) is 0 Å². The molecular formula is C12H8BrF4NO. The van der Waals surface area contributed by atoms with E-state index in [-0.39, 0.29) is 15.4 Å². The minimum atomic E-state index is -4.69. The topological polar surface area (TPSA) is 32.9 Å². The monoisotopic (exact) mass is 337 g/mol. The highest BCUT2D eigenvalue weighted by Crippen LogP contribution is 2.32. The number of aromatic amines is 1. The molecule has 0 atom stereocenters. The molecule has 2 aromatic rings. The molecule has 102 valence electrons. The molecule has 0 amide bonds. The SMILES string of the molecule is Cc1c(C(F)(F)F)[nH]c2c(C)cc(Br)c(F)c2c1=O. The second kappa shape index (κ2) is 4.33. The van der Waals surface area contributed by atoms with E-state index >= 15 is 0 Å². The van der Waals surface area contributed by atoms with E-state index in [2.05, 4.69) is 20.9 Å². The van der Waals surface area contributed by atoms with Crippen molar-refractivity contribution in [1.82, 2.24) is 4.98 Å². The molecule has 1 N–H and O–H groups in total. The Balaban J connectivity index is 3.06. The van der Waals surface area contributed by atoms with Crippen LogP contribution in [0.3, 0.4) is 0 Å². The highest BCUT2D eigenvalue weighted by molar-refractivity contribution is 9.10. The maximum Gasteiger partial charge on any atom is 0.431 e. The van der Waals surface area contributed by atoms with Crippen LogP contribution in [0, 0.1) is 19.7 Å². The van der Waals surface area contributed by atoms with Crippen LogP contribution in [0.15, 0.2) is 15.3 Å². The van der Waals surface area contributed by atoms with Crippen LogP contribution < -0.4 is 5.43 Å². The molecule has 0 fully saturated rings. The van der Waals surface area contributed by atoms with Crippen molar-refractivity contribution in [2.45, 2.75) is 20.0 Å². The normalized spacial score (nSPS) is 12.2. The molecule has 2 nitrogen and oxygen atoms in total. The minimum absolute atomic E-state index is 0.0437. The summed E-state index contributed by atoms with van der Waals surface area (Å²) in [5.74, 6) is -0.862. The minimum Gasteiger partial charge on any atom is -0.350 e. The summed E-state index contributed by atoms with van der Waals surface area (Å²) in [6.45, 7) is 2.52. The van der Waals surface area contributed by atoms with E-state index in [0.29, 0.717) is 5.56 Å². The third-order valence-corrected chi connectivity index (χ3v) is 3.47. The van der Waals surface area contributed by atoms with E-state index < -0.39 is 28.7 Å². The first-order valence-corrected chi connectivity index (χ1v) is 6.02. The van der Waals surface area contributed by atoms with Gasteiger partial charge >= 0.3 is 6.18 Å². The van der Waals surface area contributed by atoms with Crippen molar-refractivity contribution in [2.24, 2.45) is 0 Å². The molecule has 1 aromatic carbocycles. The number of rotatable bonds is 0. The Morgan fingerprint density at radius 2 is 1.84 bits per heavy atom. The molecule has 2 rings (SSSR count). The molecule has 1 aromatic heterocycles. The van der Waals surface area contributed by atoms with Crippen molar-refractivity contribution >= 4 is 26.8 Å². The van der Waals surface area contributed by atoms with E-state index in [1.165, 1.54) is 13.0 Å². The van der Waals surface area contributed by atoms with Crippen molar-refractivity contribution in [2.75, 3.05) is 0 Å². The quantitative estimate of drug-likeness (QED) is 0.722. The van der Waals surface area contributed by atoms with Crippen molar-refractivity contribution in [1.29, 1.82) is 0 Å². The van der Waals surface area contributed by atoms with E-state index in [0.717, 1.165) is 6.92 Å². The van der Waals surface area contributed by atoms with Crippen molar-refractivity contribution in [3.63, 3.8) is 0 Å². The van der Waals surface area contributed by atoms with E-state index in [1.807, 2.05) is 0 Å². The van der Waals surface area contributed by atoms with Crippen LogP contribution in [0.4, 0.5) is 17.6 Å². The van der Waals surface area contributed by atoms with Gasteiger partial charge in [0, 0.05) is 5.56 Å². The Kier molecular flexibility index (Phi) is 3.20. The van der Waals surface area contributed by atoms with Crippen LogP contribution in [0.5, 0.6) is 0 Å². The Morgan fingerprint density at radius 3 is 2.37 bits per heavy atom. The summed E-state index contributed by atoms with van der Waals surface area (Å²) in [7, 11) is 0. The van der Waals surface area contributed by atoms with Gasteiger partial charge in [-0.3, -0.25) is 4.79 Å². The van der Waals surface area contributed by atoms with Crippen LogP contribution in [0.1, 0.15) is 16.8 Å². The van der Waals surface area contributed by atoms with Crippen LogP contribution >= 0.6 is 15.9 Å². The number of halogens is 5. The number of nitrogens with one attached hydrogen (secondary N) is 1. The summed E-state index contributed by atoms with van der Waals surface area (Å²) in [5, 5.41) is -0.364. The van der Waals surface area contributed by atoms with Gasteiger partial charge in [0.2, 0.25) is 0 Å². The zero-order valence-corrected chi connectivity index (χ0v) is 11.5. The average molecular weight is 338 g/mol. The average Bonchev–Trinajstić information content (AvgIpc) is 2.28. The first-order valence-electron chi connectivity index (χ1n) is 5.23. The predicted molar refractivity (Wildman–Crippen MR) is 66.7 cm³/mol. The zero-order valence-electron chi connectivity index (χ0n) is 9.88. The fourth-order valence-corrected chi connectivity index (χ4v) is 2.47. The number of hydrogen-bond acceptors (Lipinski definition) is 1. The van der Waals surface area contributed by atoms with Gasteiger partial charge in [-0.05, 0) is 41.4 Å². The fourth-order valence-electron chi connectivity index (χ4n) is 1.93. The number of aryl methyl sites for hydroxylation is 1. The van der Waals surface area contributed by atoms with E-state index in [4.69, 9.17) is 0 Å². The molecule has 0 saturated heterocycles. The third-order valence-electron chi connectivity index (χ3n) is 2.89. The molecule has 0 saturated carbocycles. The van der Waals surface area contributed by atoms with Gasteiger partial charge in [0.05, 0.1) is 15.4 Å². The number of H-pyrrole nitrogens is 1. The van der Waals surface area contributed by atoms with Gasteiger partial charge in [-0.2, -0.15) is 13.2 Å². The second-order valence-electron chi connectivity index (χ2n) is 4.19. The first kappa shape index (κ1) is 14.0. The largest absolute Gasteiger partial charge is 0.431 e. The smallest absolute Gasteiger partial charge is 0.350 e. The highest BCUT2D eigenvalue weighted by atomic mass is 79.9. The number of fused-ring (bicyclic) bond motifs is 1. The lowest BCUT2D eigenvalue weighted by Gasteiger charge is -2.13. The molecular weight excluding hydrogens is 330 g/mol. The summed E-state index contributed by atoms with van der Waals surface area (Å²) < 4.78 is 52.3. The molecule has 1 heterocycles. The van der Waals surface area contributed by atoms with Gasteiger partial charge in [-0.25, -0.2) is 4.39 Å². The lowest BCUT2D eigenvalue weighted by molar-refractivity contribution is -0.141. The molecule has 0 aliphatic carbocycles. The highest BCUT2D eigenvalue weighted by Gasteiger charge is 2.35. The number of benzene rings is 1. The first-order chi connectivity index (χ1) is 8.64. The van der Waals surface area contributed by atoms with Crippen LogP contribution in [-0.2, 0) is 6.18 Å². The molecule has 0 bridgehead atoms. The Labute approximate surface area is 113 Å². The number of aromatic nitrogens is 1. The Morgan fingerprint density at radius 1 is 1.26 bits per heavy atom. The zero-order chi connectivity index (χ0) is 14.5. The van der Waals surface area contributed by atoms with Crippen LogP contribution in [0.25, 0.3) is 10.9 Å². The van der Waals surface area contributed by atoms with E-state index in [1.54, 1.807) is 0 Å². The maximum atomic E-state index is 13.9. The van der Waals surface area contributed by atoms with Crippen LogP contribution in [0.2, 0.25) is 0 Å². The lowest BCUT2D eigenvalue weighted by atomic mass is 10.1. The Bertz CT molecular complexity index is 733. The number of alkyl halides is 3. The molecule has 0 radical (unpaired) electrons. The predicted octanol–water partition coefficient (Wildman–Crippen LogP) is 4.07. The summed E-state index contributed by atoms with van der Waals surface area (Å²) >= 11 is 2.93. The Hall–Kier alpha value is -1.37. The molecule has 0 aliphatic heterocycles. The van der Waals surface area contributed by atoms with Crippen molar-refractivity contribution in [3.05, 3.63) is 43.4 Å². The van der Waals surface area contributed by atoms with Gasteiger partial charge in [-0.15, -0.1) is 0 Å². The van der Waals surface area contributed by atoms with Crippen molar-refractivity contribution < 1.29 is 17.6 Å². The standard InChI is InChI=1S/C12H8BrF4NO/c1-4-3-6(13)8(14)7-9(4)18-11(12(15,16)17)5(2)10(7)19/h3H,1-2H3,(H,18,19). The molecule has 0 unspecified atom stereocenters. The summed E-state index contributed by atoms with van der Waals surface area (Å²) in [6.07, 6.45) is -4.69. The summed E-state index contributed by atoms with van der Waals surface area (Å²) in [6, 6.07) is 1.32. The van der Waals surface area contributed by atoms with Gasteiger partial charge < -0.3 is 4.98 Å². The second-order valence-corrected chi connectivity index (χ2v) is 5.05. The molecule has 19 heavy (non-hydrogen) atoms. The van der Waals surface area contributed by atoms with Gasteiger partial charge in [-0.1, -0.05) is 0 Å². The molecule has 0 aliphatic rings. The molecule has 7 heteroatoms.